The number of hydrogen-bond donors (Lipinski definition) is 0. The summed E-state index contributed by atoms with van der Waals surface area (Å²) >= 11 is 1.69. The van der Waals surface area contributed by atoms with Crippen LogP contribution in [-0.4, -0.2) is 37.2 Å². The number of hydrogen-bond acceptors (Lipinski definition) is 5. The molecule has 0 unspecified atom stereocenters. The lowest BCUT2D eigenvalue weighted by Crippen LogP contribution is -2.32. The molecule has 0 aliphatic carbocycles. The monoisotopic (exact) mass is 371 g/mol. The van der Waals surface area contributed by atoms with Crippen LogP contribution in [0.15, 0.2) is 54.6 Å². The van der Waals surface area contributed by atoms with Crippen molar-refractivity contribution < 1.29 is 19.1 Å². The van der Waals surface area contributed by atoms with Crippen molar-refractivity contribution in [1.82, 2.24) is 4.90 Å². The van der Waals surface area contributed by atoms with Crippen LogP contribution in [0.1, 0.15) is 22.8 Å². The van der Waals surface area contributed by atoms with E-state index >= 15 is 0 Å². The second kappa shape index (κ2) is 8.76. The van der Waals surface area contributed by atoms with Gasteiger partial charge >= 0.3 is 6.09 Å². The molecule has 0 N–H and O–H groups in total. The van der Waals surface area contributed by atoms with Gasteiger partial charge in [-0.15, -0.1) is 11.8 Å². The zero-order chi connectivity index (χ0) is 18.4. The van der Waals surface area contributed by atoms with Gasteiger partial charge in [0.05, 0.1) is 13.7 Å². The van der Waals surface area contributed by atoms with Crippen molar-refractivity contribution in [3.63, 3.8) is 0 Å². The van der Waals surface area contributed by atoms with Gasteiger partial charge in [0, 0.05) is 17.4 Å². The van der Waals surface area contributed by atoms with Gasteiger partial charge in [0.15, 0.2) is 0 Å². The van der Waals surface area contributed by atoms with E-state index in [1.54, 1.807) is 18.9 Å². The molecule has 0 saturated carbocycles. The van der Waals surface area contributed by atoms with E-state index in [0.717, 1.165) is 22.6 Å². The lowest BCUT2D eigenvalue weighted by atomic mass is 10.1. The van der Waals surface area contributed by atoms with Crippen LogP contribution in [-0.2, 0) is 15.3 Å². The molecular formula is C20H21NO4S. The second-order valence-electron chi connectivity index (χ2n) is 5.92. The Kier molecular flexibility index (Phi) is 6.17. The minimum atomic E-state index is -0.540. The van der Waals surface area contributed by atoms with Crippen molar-refractivity contribution >= 4 is 23.8 Å². The molecule has 1 aliphatic rings. The average molecular weight is 371 g/mol. The van der Waals surface area contributed by atoms with Crippen molar-refractivity contribution in [2.75, 3.05) is 20.3 Å². The van der Waals surface area contributed by atoms with Crippen molar-refractivity contribution in [3.8, 4) is 5.75 Å². The first-order valence-corrected chi connectivity index (χ1v) is 9.49. The standard InChI is InChI=1S/C20H21NO4S/c1-24-17-9-7-15(8-10-17)14-26-18(16-5-3-2-4-6-16)13-19(22)21-11-12-25-20(21)23/h2-10,18H,11-14H2,1H3/t18-/m1/s1. The molecule has 3 rings (SSSR count). The van der Waals surface area contributed by atoms with E-state index in [2.05, 4.69) is 0 Å². The first-order chi connectivity index (χ1) is 12.7. The Morgan fingerprint density at radius 1 is 1.19 bits per heavy atom. The van der Waals surface area contributed by atoms with Crippen LogP contribution in [0.4, 0.5) is 4.79 Å². The maximum Gasteiger partial charge on any atom is 0.416 e. The summed E-state index contributed by atoms with van der Waals surface area (Å²) in [5, 5.41) is -0.0285. The third kappa shape index (κ3) is 4.58. The van der Waals surface area contributed by atoms with Gasteiger partial charge in [-0.1, -0.05) is 42.5 Å². The summed E-state index contributed by atoms with van der Waals surface area (Å²) in [5.41, 5.74) is 2.23. The van der Waals surface area contributed by atoms with E-state index in [1.165, 1.54) is 4.90 Å². The number of cyclic esters (lactones) is 1. The van der Waals surface area contributed by atoms with E-state index in [-0.39, 0.29) is 24.2 Å². The minimum Gasteiger partial charge on any atom is -0.497 e. The highest BCUT2D eigenvalue weighted by Gasteiger charge is 2.30. The first-order valence-electron chi connectivity index (χ1n) is 8.44. The number of carbonyl (C=O) groups excluding carboxylic acids is 2. The molecule has 1 heterocycles. The number of amides is 2. The number of methoxy groups -OCH3 is 1. The number of benzene rings is 2. The number of imide groups is 1. The second-order valence-corrected chi connectivity index (χ2v) is 7.11. The van der Waals surface area contributed by atoms with Gasteiger partial charge in [-0.25, -0.2) is 9.69 Å². The van der Waals surface area contributed by atoms with E-state index in [1.807, 2.05) is 54.6 Å². The molecule has 1 fully saturated rings. The maximum absolute atomic E-state index is 12.5. The lowest BCUT2D eigenvalue weighted by Gasteiger charge is -2.19. The Bertz CT molecular complexity index is 748. The summed E-state index contributed by atoms with van der Waals surface area (Å²) < 4.78 is 10.1. The van der Waals surface area contributed by atoms with Crippen molar-refractivity contribution in [2.45, 2.75) is 17.4 Å². The summed E-state index contributed by atoms with van der Waals surface area (Å²) in [6.07, 6.45) is -0.276. The maximum atomic E-state index is 12.5. The first kappa shape index (κ1) is 18.3. The van der Waals surface area contributed by atoms with Crippen molar-refractivity contribution in [2.24, 2.45) is 0 Å². The topological polar surface area (TPSA) is 55.8 Å². The normalized spacial score (nSPS) is 14.8. The van der Waals surface area contributed by atoms with Gasteiger partial charge in [0.2, 0.25) is 5.91 Å². The van der Waals surface area contributed by atoms with E-state index in [4.69, 9.17) is 9.47 Å². The summed E-state index contributed by atoms with van der Waals surface area (Å²) in [6.45, 7) is 0.613. The van der Waals surface area contributed by atoms with Crippen molar-refractivity contribution in [3.05, 3.63) is 65.7 Å². The fourth-order valence-electron chi connectivity index (χ4n) is 2.75. The summed E-state index contributed by atoms with van der Waals surface area (Å²) in [7, 11) is 1.64. The third-order valence-corrected chi connectivity index (χ3v) is 5.54. The highest BCUT2D eigenvalue weighted by atomic mass is 32.2. The van der Waals surface area contributed by atoms with Crippen molar-refractivity contribution in [1.29, 1.82) is 0 Å². The van der Waals surface area contributed by atoms with Gasteiger partial charge in [-0.05, 0) is 23.3 Å². The van der Waals surface area contributed by atoms with Crippen LogP contribution in [0.2, 0.25) is 0 Å². The van der Waals surface area contributed by atoms with E-state index in [0.29, 0.717) is 6.54 Å². The van der Waals surface area contributed by atoms with Crippen LogP contribution in [0.25, 0.3) is 0 Å². The van der Waals surface area contributed by atoms with Crippen LogP contribution in [0, 0.1) is 0 Å². The molecular weight excluding hydrogens is 350 g/mol. The number of rotatable bonds is 7. The molecule has 1 aliphatic heterocycles. The molecule has 1 atom stereocenters. The zero-order valence-corrected chi connectivity index (χ0v) is 15.4. The summed E-state index contributed by atoms with van der Waals surface area (Å²) in [5.74, 6) is 1.39. The Labute approximate surface area is 157 Å². The van der Waals surface area contributed by atoms with Gasteiger partial charge in [-0.3, -0.25) is 4.79 Å². The highest BCUT2D eigenvalue weighted by Crippen LogP contribution is 2.35. The molecule has 0 bridgehead atoms. The Morgan fingerprint density at radius 3 is 2.54 bits per heavy atom. The molecule has 2 aromatic rings. The molecule has 6 heteroatoms. The van der Waals surface area contributed by atoms with Gasteiger partial charge < -0.3 is 9.47 Å². The molecule has 0 radical (unpaired) electrons. The van der Waals surface area contributed by atoms with E-state index in [9.17, 15) is 9.59 Å². The molecule has 2 aromatic carbocycles. The van der Waals surface area contributed by atoms with Crippen LogP contribution >= 0.6 is 11.8 Å². The third-order valence-electron chi connectivity index (χ3n) is 4.20. The number of thioether (sulfide) groups is 1. The molecule has 26 heavy (non-hydrogen) atoms. The van der Waals surface area contributed by atoms with E-state index < -0.39 is 6.09 Å². The molecule has 0 aromatic heterocycles. The predicted molar refractivity (Wildman–Crippen MR) is 101 cm³/mol. The Hall–Kier alpha value is -2.47. The smallest absolute Gasteiger partial charge is 0.416 e. The Balaban J connectivity index is 1.69. The fourth-order valence-corrected chi connectivity index (χ4v) is 3.94. The van der Waals surface area contributed by atoms with Crippen LogP contribution in [0.5, 0.6) is 5.75 Å². The average Bonchev–Trinajstić information content (AvgIpc) is 3.12. The molecule has 1 saturated heterocycles. The fraction of sp³-hybridized carbons (Fsp3) is 0.300. The molecule has 0 spiro atoms. The molecule has 136 valence electrons. The zero-order valence-electron chi connectivity index (χ0n) is 14.6. The van der Waals surface area contributed by atoms with Gasteiger partial charge in [-0.2, -0.15) is 0 Å². The number of ether oxygens (including phenoxy) is 2. The SMILES string of the molecule is COc1ccc(CS[C@H](CC(=O)N2CCOC2=O)c2ccccc2)cc1. The molecule has 5 nitrogen and oxygen atoms in total. The number of nitrogens with zero attached hydrogens (tertiary/aromatic N) is 1. The summed E-state index contributed by atoms with van der Waals surface area (Å²) in [6, 6.07) is 17.8. The van der Waals surface area contributed by atoms with Gasteiger partial charge in [0.25, 0.3) is 0 Å². The quantitative estimate of drug-likeness (QED) is 0.735. The van der Waals surface area contributed by atoms with Gasteiger partial charge in [0.1, 0.15) is 12.4 Å². The largest absolute Gasteiger partial charge is 0.497 e. The number of carbonyl (C=O) groups is 2. The summed E-state index contributed by atoms with van der Waals surface area (Å²) in [4.78, 5) is 25.4. The Morgan fingerprint density at radius 2 is 1.92 bits per heavy atom. The minimum absolute atomic E-state index is 0.0285. The lowest BCUT2D eigenvalue weighted by molar-refractivity contribution is -0.127. The van der Waals surface area contributed by atoms with Crippen LogP contribution < -0.4 is 4.74 Å². The van der Waals surface area contributed by atoms with Crippen LogP contribution in [0.3, 0.4) is 0 Å². The molecule has 2 amide bonds. The predicted octanol–water partition coefficient (Wildman–Crippen LogP) is 4.04. The highest BCUT2D eigenvalue weighted by molar-refractivity contribution is 7.98.